The molecule has 4 aromatic rings. The largest absolute Gasteiger partial charge is 0.503 e. The summed E-state index contributed by atoms with van der Waals surface area (Å²) in [6, 6.07) is 11.0. The fraction of sp³-hybridized carbons (Fsp3) is 0.120. The van der Waals surface area contributed by atoms with Gasteiger partial charge in [-0.25, -0.2) is 0 Å². The van der Waals surface area contributed by atoms with E-state index in [1.54, 1.807) is 36.6 Å². The zero-order chi connectivity index (χ0) is 25.1. The molecule has 1 aliphatic heterocycles. The molecule has 2 aromatic heterocycles. The second-order valence-corrected chi connectivity index (χ2v) is 9.36. The number of benzene rings is 2. The van der Waals surface area contributed by atoms with Crippen LogP contribution in [0.3, 0.4) is 0 Å². The maximum absolute atomic E-state index is 13.6. The zero-order valence-electron chi connectivity index (χ0n) is 17.9. The standard InChI is InChI=1S/C25H15ClF3NO4S/c1-12-8-9-35-23(12)20-19(21(31)18-11-13-10-15(26)4-7-17(13)34-18)22(32)24(33)30(20)16-5-2-14(3-6-16)25(27,28)29/h2-11,20,32H,1H3. The molecule has 1 N–H and O–H groups in total. The first kappa shape index (κ1) is 23.2. The molecule has 0 spiro atoms. The van der Waals surface area contributed by atoms with E-state index in [9.17, 15) is 27.9 Å². The van der Waals surface area contributed by atoms with Crippen molar-refractivity contribution in [2.75, 3.05) is 4.90 Å². The van der Waals surface area contributed by atoms with E-state index in [2.05, 4.69) is 0 Å². The molecule has 5 nitrogen and oxygen atoms in total. The number of amides is 1. The van der Waals surface area contributed by atoms with Crippen LogP contribution in [0.25, 0.3) is 11.0 Å². The van der Waals surface area contributed by atoms with Gasteiger partial charge in [-0.15, -0.1) is 11.3 Å². The Morgan fingerprint density at radius 1 is 1.11 bits per heavy atom. The van der Waals surface area contributed by atoms with Crippen LogP contribution in [0.2, 0.25) is 5.02 Å². The molecule has 1 atom stereocenters. The first-order chi connectivity index (χ1) is 16.6. The summed E-state index contributed by atoms with van der Waals surface area (Å²) in [6.45, 7) is 1.78. The van der Waals surface area contributed by atoms with Crippen molar-refractivity contribution in [1.29, 1.82) is 0 Å². The number of halogens is 4. The van der Waals surface area contributed by atoms with Crippen LogP contribution in [0.5, 0.6) is 0 Å². The molecule has 0 saturated heterocycles. The van der Waals surface area contributed by atoms with Crippen molar-refractivity contribution in [3.63, 3.8) is 0 Å². The molecule has 1 amide bonds. The summed E-state index contributed by atoms with van der Waals surface area (Å²) >= 11 is 7.28. The van der Waals surface area contributed by atoms with Gasteiger partial charge < -0.3 is 9.52 Å². The van der Waals surface area contributed by atoms with Crippen LogP contribution in [0.4, 0.5) is 18.9 Å². The van der Waals surface area contributed by atoms with Gasteiger partial charge in [0, 0.05) is 21.0 Å². The monoisotopic (exact) mass is 517 g/mol. The van der Waals surface area contributed by atoms with Crippen LogP contribution in [-0.4, -0.2) is 16.8 Å². The van der Waals surface area contributed by atoms with Crippen LogP contribution in [0, 0.1) is 6.92 Å². The topological polar surface area (TPSA) is 70.7 Å². The Labute approximate surface area is 205 Å². The molecule has 1 aliphatic rings. The predicted octanol–water partition coefficient (Wildman–Crippen LogP) is 7.26. The van der Waals surface area contributed by atoms with Gasteiger partial charge in [-0.05, 0) is 72.5 Å². The van der Waals surface area contributed by atoms with Gasteiger partial charge in [0.2, 0.25) is 5.78 Å². The molecule has 0 radical (unpaired) electrons. The quantitative estimate of drug-likeness (QED) is 0.289. The second-order valence-electron chi connectivity index (χ2n) is 7.97. The van der Waals surface area contributed by atoms with Gasteiger partial charge >= 0.3 is 6.18 Å². The molecular weight excluding hydrogens is 503 g/mol. The Hall–Kier alpha value is -3.56. The number of aliphatic hydroxyl groups is 1. The number of fused-ring (bicyclic) bond motifs is 1. The van der Waals surface area contributed by atoms with Crippen LogP contribution in [0.15, 0.2) is 75.7 Å². The molecule has 10 heteroatoms. The number of hydrogen-bond acceptors (Lipinski definition) is 5. The normalized spacial score (nSPS) is 16.5. The Bertz CT molecular complexity index is 1520. The molecular formula is C25H15ClF3NO4S. The number of aliphatic hydroxyl groups excluding tert-OH is 1. The van der Waals surface area contributed by atoms with Crippen LogP contribution >= 0.6 is 22.9 Å². The highest BCUT2D eigenvalue weighted by molar-refractivity contribution is 7.10. The highest BCUT2D eigenvalue weighted by atomic mass is 35.5. The van der Waals surface area contributed by atoms with E-state index < -0.39 is 35.2 Å². The summed E-state index contributed by atoms with van der Waals surface area (Å²) in [4.78, 5) is 28.5. The average molecular weight is 518 g/mol. The first-order valence-corrected chi connectivity index (χ1v) is 11.5. The summed E-state index contributed by atoms with van der Waals surface area (Å²) in [6.07, 6.45) is -4.55. The molecule has 0 saturated carbocycles. The second kappa shape index (κ2) is 8.28. The highest BCUT2D eigenvalue weighted by Gasteiger charge is 2.46. The van der Waals surface area contributed by atoms with Crippen molar-refractivity contribution in [2.24, 2.45) is 0 Å². The fourth-order valence-electron chi connectivity index (χ4n) is 4.09. The smallest absolute Gasteiger partial charge is 0.416 e. The van der Waals surface area contributed by atoms with E-state index in [1.165, 1.54) is 17.4 Å². The number of carbonyl (C=O) groups is 2. The molecule has 5 rings (SSSR count). The Morgan fingerprint density at radius 3 is 2.46 bits per heavy atom. The average Bonchev–Trinajstić information content (AvgIpc) is 3.49. The summed E-state index contributed by atoms with van der Waals surface area (Å²) in [5.41, 5.74) is 0.148. The first-order valence-electron chi connectivity index (χ1n) is 10.3. The van der Waals surface area contributed by atoms with Gasteiger partial charge in [0.1, 0.15) is 11.6 Å². The van der Waals surface area contributed by atoms with Crippen LogP contribution in [-0.2, 0) is 11.0 Å². The van der Waals surface area contributed by atoms with Crippen molar-refractivity contribution in [3.05, 3.63) is 98.1 Å². The molecule has 0 aliphatic carbocycles. The number of furan rings is 1. The minimum atomic E-state index is -4.55. The van der Waals surface area contributed by atoms with Gasteiger partial charge in [0.15, 0.2) is 11.5 Å². The van der Waals surface area contributed by atoms with Crippen LogP contribution < -0.4 is 4.90 Å². The van der Waals surface area contributed by atoms with E-state index >= 15 is 0 Å². The molecule has 178 valence electrons. The maximum atomic E-state index is 13.6. The lowest BCUT2D eigenvalue weighted by atomic mass is 9.98. The molecule has 0 fully saturated rings. The lowest BCUT2D eigenvalue weighted by molar-refractivity contribution is -0.137. The number of rotatable bonds is 4. The number of anilines is 1. The van der Waals surface area contributed by atoms with Crippen molar-refractivity contribution in [3.8, 4) is 0 Å². The summed E-state index contributed by atoms with van der Waals surface area (Å²) in [5.74, 6) is -2.50. The Kier molecular flexibility index (Phi) is 5.49. The van der Waals surface area contributed by atoms with Crippen molar-refractivity contribution in [2.45, 2.75) is 19.1 Å². The number of carbonyl (C=O) groups excluding carboxylic acids is 2. The summed E-state index contributed by atoms with van der Waals surface area (Å²) in [7, 11) is 0. The third-order valence-electron chi connectivity index (χ3n) is 5.78. The zero-order valence-corrected chi connectivity index (χ0v) is 19.5. The van der Waals surface area contributed by atoms with Gasteiger partial charge in [0.25, 0.3) is 5.91 Å². The number of nitrogens with zero attached hydrogens (tertiary/aromatic N) is 1. The number of Topliss-reactive ketones (excluding diaryl/α,β-unsaturated/α-hetero) is 1. The predicted molar refractivity (Wildman–Crippen MR) is 126 cm³/mol. The lowest BCUT2D eigenvalue weighted by Gasteiger charge is -2.26. The lowest BCUT2D eigenvalue weighted by Crippen LogP contribution is -2.31. The number of alkyl halides is 3. The van der Waals surface area contributed by atoms with E-state index in [4.69, 9.17) is 16.0 Å². The third kappa shape index (κ3) is 3.90. The molecule has 2 aromatic carbocycles. The maximum Gasteiger partial charge on any atom is 0.416 e. The third-order valence-corrected chi connectivity index (χ3v) is 7.08. The van der Waals surface area contributed by atoms with E-state index in [0.29, 0.717) is 20.9 Å². The fourth-order valence-corrected chi connectivity index (χ4v) is 5.29. The number of hydrogen-bond donors (Lipinski definition) is 1. The minimum absolute atomic E-state index is 0.103. The van der Waals surface area contributed by atoms with Crippen molar-refractivity contribution >= 4 is 51.3 Å². The Balaban J connectivity index is 1.62. The van der Waals surface area contributed by atoms with Gasteiger partial charge in [-0.3, -0.25) is 14.5 Å². The van der Waals surface area contributed by atoms with Crippen molar-refractivity contribution in [1.82, 2.24) is 0 Å². The van der Waals surface area contributed by atoms with Crippen molar-refractivity contribution < 1.29 is 32.3 Å². The summed E-state index contributed by atoms with van der Waals surface area (Å²) in [5, 5.41) is 13.6. The number of thiophene rings is 1. The number of ketones is 1. The van der Waals surface area contributed by atoms with Crippen LogP contribution in [0.1, 0.15) is 32.6 Å². The molecule has 1 unspecified atom stereocenters. The van der Waals surface area contributed by atoms with Gasteiger partial charge in [-0.1, -0.05) is 11.6 Å². The number of aryl methyl sites for hydroxylation is 1. The molecule has 0 bridgehead atoms. The van der Waals surface area contributed by atoms with E-state index in [-0.39, 0.29) is 17.0 Å². The SMILES string of the molecule is Cc1ccsc1C1C(C(=O)c2cc3cc(Cl)ccc3o2)=C(O)C(=O)N1c1ccc(C(F)(F)F)cc1. The van der Waals surface area contributed by atoms with Gasteiger partial charge in [-0.2, -0.15) is 13.2 Å². The van der Waals surface area contributed by atoms with E-state index in [1.807, 2.05) is 0 Å². The van der Waals surface area contributed by atoms with E-state index in [0.717, 1.165) is 34.7 Å². The summed E-state index contributed by atoms with van der Waals surface area (Å²) < 4.78 is 44.9. The minimum Gasteiger partial charge on any atom is -0.503 e. The van der Waals surface area contributed by atoms with Gasteiger partial charge in [0.05, 0.1) is 11.1 Å². The highest BCUT2D eigenvalue weighted by Crippen LogP contribution is 2.45. The molecule has 3 heterocycles. The molecule has 35 heavy (non-hydrogen) atoms. The Morgan fingerprint density at radius 2 is 1.83 bits per heavy atom.